The molecule has 4 saturated carbocycles. The number of fused-ring (bicyclic) bond motifs is 7. The van der Waals surface area contributed by atoms with Crippen molar-refractivity contribution in [2.75, 3.05) is 20.0 Å². The molecule has 0 aromatic carbocycles. The maximum Gasteiger partial charge on any atom is 0.312 e. The van der Waals surface area contributed by atoms with E-state index in [1.54, 1.807) is 0 Å². The number of esters is 1. The van der Waals surface area contributed by atoms with Gasteiger partial charge >= 0.3 is 5.97 Å². The number of hydrogen-bond donors (Lipinski definition) is 2. The van der Waals surface area contributed by atoms with Crippen molar-refractivity contribution in [3.05, 3.63) is 11.6 Å². The lowest BCUT2D eigenvalue weighted by molar-refractivity contribution is -0.239. The number of carbonyl (C=O) groups excluding carboxylic acids is 1. The molecule has 7 nitrogen and oxygen atoms in total. The number of aliphatic hydroxyl groups is 2. The van der Waals surface area contributed by atoms with Crippen LogP contribution in [-0.2, 0) is 23.8 Å². The van der Waals surface area contributed by atoms with Crippen LogP contribution in [0.4, 0.5) is 0 Å². The molecule has 228 valence electrons. The maximum atomic E-state index is 13.5. The fraction of sp³-hybridized carbons (Fsp3) is 0.906. The summed E-state index contributed by atoms with van der Waals surface area (Å²) in [5, 5.41) is 22.0. The normalized spacial score (nSPS) is 52.4. The first-order chi connectivity index (χ1) is 18.4. The van der Waals surface area contributed by atoms with Crippen LogP contribution in [0.5, 0.6) is 0 Å². The van der Waals surface area contributed by atoms with Crippen LogP contribution in [0.25, 0.3) is 0 Å². The monoisotopic (exact) mass is 580 g/mol. The molecule has 0 saturated heterocycles. The molecule has 5 aliphatic carbocycles. The molecule has 40 heavy (non-hydrogen) atoms. The Bertz CT molecular complexity index is 1180. The second kappa shape index (κ2) is 9.52. The Morgan fingerprint density at radius 2 is 1.73 bits per heavy atom. The molecular weight excluding hydrogens is 528 g/mol. The molecule has 5 unspecified atom stereocenters. The zero-order chi connectivity index (χ0) is 29.7. The van der Waals surface area contributed by atoms with Gasteiger partial charge in [0.05, 0.1) is 31.5 Å². The number of ether oxygens (including phenoxy) is 1. The fourth-order valence-corrected chi connectivity index (χ4v) is 12.1. The lowest BCUT2D eigenvalue weighted by Gasteiger charge is -2.71. The highest BCUT2D eigenvalue weighted by molar-refractivity contribution is 7.86. The molecule has 2 N–H and O–H groups in total. The second-order valence-electron chi connectivity index (χ2n) is 15.4. The van der Waals surface area contributed by atoms with Gasteiger partial charge in [0, 0.05) is 5.41 Å². The Morgan fingerprint density at radius 1 is 1.05 bits per heavy atom. The average molecular weight is 581 g/mol. The van der Waals surface area contributed by atoms with E-state index in [9.17, 15) is 23.4 Å². The number of rotatable bonds is 4. The number of methoxy groups -OCH3 is 1. The van der Waals surface area contributed by atoms with E-state index in [1.165, 1.54) is 12.7 Å². The molecule has 8 heteroatoms. The van der Waals surface area contributed by atoms with Crippen LogP contribution < -0.4 is 0 Å². The van der Waals surface area contributed by atoms with Gasteiger partial charge in [-0.2, -0.15) is 8.42 Å². The van der Waals surface area contributed by atoms with Crippen LogP contribution >= 0.6 is 0 Å². The Labute approximate surface area is 241 Å². The van der Waals surface area contributed by atoms with Crippen molar-refractivity contribution < 1.29 is 32.3 Å². The predicted molar refractivity (Wildman–Crippen MR) is 154 cm³/mol. The summed E-state index contributed by atoms with van der Waals surface area (Å²) in [4.78, 5) is 13.5. The van der Waals surface area contributed by atoms with E-state index in [4.69, 9.17) is 8.92 Å². The Hall–Kier alpha value is -0.960. The molecule has 5 aliphatic rings. The molecule has 0 aliphatic heterocycles. The summed E-state index contributed by atoms with van der Waals surface area (Å²) in [6.07, 6.45) is 8.27. The minimum absolute atomic E-state index is 0.0300. The van der Waals surface area contributed by atoms with Crippen molar-refractivity contribution in [2.45, 2.75) is 105 Å². The summed E-state index contributed by atoms with van der Waals surface area (Å²) in [6.45, 7) is 13.4. The van der Waals surface area contributed by atoms with Gasteiger partial charge in [-0.3, -0.25) is 8.98 Å². The topological polar surface area (TPSA) is 110 Å². The number of hydrogen-bond acceptors (Lipinski definition) is 7. The summed E-state index contributed by atoms with van der Waals surface area (Å²) in [6, 6.07) is 0. The molecule has 0 spiro atoms. The second-order valence-corrected chi connectivity index (χ2v) is 17.0. The summed E-state index contributed by atoms with van der Waals surface area (Å²) in [5.74, 6) is 1.26. The zero-order valence-corrected chi connectivity index (χ0v) is 26.6. The Morgan fingerprint density at radius 3 is 2.33 bits per heavy atom. The largest absolute Gasteiger partial charge is 0.469 e. The standard InChI is InChI=1S/C32H52O7S/c1-19-11-14-32(27(35)38-7)16-15-30(5)21(25(32)20(19)2)9-10-24-28(3)17-22(39-40(8,36)37)26(34)29(4,18-33)23(28)12-13-31(24,30)6/h9,19-20,22-26,33-34H,10-18H2,1-8H3/t19-,20+,22-,23?,24?,25?,26?,28+,29+,30-,31-,32?/m1/s1. The SMILES string of the molecule is COC(=O)C12CC[C@@H](C)[C@H](C)C1C1=CCC3[C@@]4(C)C[C@@H](OS(C)(=O)=O)C(O)[C@@](C)(CO)C4CC[C@@]3(C)[C@]1(C)CC2. The Balaban J connectivity index is 1.62. The van der Waals surface area contributed by atoms with E-state index >= 15 is 0 Å². The van der Waals surface area contributed by atoms with E-state index in [-0.39, 0.29) is 46.6 Å². The van der Waals surface area contributed by atoms with Gasteiger partial charge in [0.25, 0.3) is 10.1 Å². The van der Waals surface area contributed by atoms with E-state index in [0.717, 1.165) is 51.2 Å². The van der Waals surface area contributed by atoms with Gasteiger partial charge in [-0.25, -0.2) is 0 Å². The molecule has 4 fully saturated rings. The van der Waals surface area contributed by atoms with E-state index in [1.807, 2.05) is 6.92 Å². The first-order valence-corrected chi connectivity index (χ1v) is 17.2. The molecule has 0 heterocycles. The summed E-state index contributed by atoms with van der Waals surface area (Å²) in [7, 11) is -2.26. The summed E-state index contributed by atoms with van der Waals surface area (Å²) >= 11 is 0. The van der Waals surface area contributed by atoms with Crippen LogP contribution in [0, 0.1) is 56.7 Å². The molecule has 0 radical (unpaired) electrons. The molecule has 0 amide bonds. The molecule has 5 rings (SSSR count). The third-order valence-corrected chi connectivity index (χ3v) is 14.5. The molecule has 0 aromatic rings. The van der Waals surface area contributed by atoms with Crippen LogP contribution in [0.2, 0.25) is 0 Å². The van der Waals surface area contributed by atoms with Crippen molar-refractivity contribution in [1.82, 2.24) is 0 Å². The quantitative estimate of drug-likeness (QED) is 0.270. The minimum Gasteiger partial charge on any atom is -0.469 e. The van der Waals surface area contributed by atoms with Crippen LogP contribution in [-0.4, -0.2) is 56.8 Å². The van der Waals surface area contributed by atoms with Crippen molar-refractivity contribution in [1.29, 1.82) is 0 Å². The lowest BCUT2D eigenvalue weighted by Crippen LogP contribution is -2.68. The predicted octanol–water partition coefficient (Wildman–Crippen LogP) is 5.11. The van der Waals surface area contributed by atoms with Crippen molar-refractivity contribution >= 4 is 16.1 Å². The van der Waals surface area contributed by atoms with Crippen LogP contribution in [0.3, 0.4) is 0 Å². The number of allylic oxidation sites excluding steroid dienone is 2. The highest BCUT2D eigenvalue weighted by Gasteiger charge is 2.71. The highest BCUT2D eigenvalue weighted by atomic mass is 32.2. The van der Waals surface area contributed by atoms with Gasteiger partial charge in [0.15, 0.2) is 0 Å². The van der Waals surface area contributed by atoms with Gasteiger partial charge in [-0.15, -0.1) is 0 Å². The minimum atomic E-state index is -3.79. The van der Waals surface area contributed by atoms with E-state index < -0.39 is 33.2 Å². The number of aliphatic hydroxyl groups excluding tert-OH is 2. The molecule has 0 aromatic heterocycles. The molecule has 12 atom stereocenters. The van der Waals surface area contributed by atoms with Crippen molar-refractivity contribution in [2.24, 2.45) is 56.7 Å². The van der Waals surface area contributed by atoms with Gasteiger partial charge in [0.1, 0.15) is 6.10 Å². The maximum absolute atomic E-state index is 13.5. The highest BCUT2D eigenvalue weighted by Crippen LogP contribution is 2.76. The van der Waals surface area contributed by atoms with E-state index in [0.29, 0.717) is 18.3 Å². The van der Waals surface area contributed by atoms with Crippen LogP contribution in [0.15, 0.2) is 11.6 Å². The average Bonchev–Trinajstić information content (AvgIpc) is 2.88. The third-order valence-electron chi connectivity index (χ3n) is 14.0. The fourth-order valence-electron chi connectivity index (χ4n) is 11.5. The van der Waals surface area contributed by atoms with Crippen molar-refractivity contribution in [3.63, 3.8) is 0 Å². The Kier molecular flexibility index (Phi) is 7.26. The third kappa shape index (κ3) is 3.90. The lowest BCUT2D eigenvalue weighted by atomic mass is 9.33. The zero-order valence-electron chi connectivity index (χ0n) is 25.8. The summed E-state index contributed by atoms with van der Waals surface area (Å²) < 4.78 is 35.5. The first-order valence-electron chi connectivity index (χ1n) is 15.4. The van der Waals surface area contributed by atoms with Gasteiger partial charge < -0.3 is 14.9 Å². The molecule has 0 bridgehead atoms. The van der Waals surface area contributed by atoms with Gasteiger partial charge in [-0.05, 0) is 97.2 Å². The summed E-state index contributed by atoms with van der Waals surface area (Å²) in [5.41, 5.74) is -0.431. The van der Waals surface area contributed by atoms with E-state index in [2.05, 4.69) is 40.7 Å². The van der Waals surface area contributed by atoms with Gasteiger partial charge in [0.2, 0.25) is 0 Å². The van der Waals surface area contributed by atoms with Crippen molar-refractivity contribution in [3.8, 4) is 0 Å². The first kappa shape index (κ1) is 30.5. The smallest absolute Gasteiger partial charge is 0.312 e. The number of carbonyl (C=O) groups is 1. The molecular formula is C32H52O7S. The van der Waals surface area contributed by atoms with Gasteiger partial charge in [-0.1, -0.05) is 53.2 Å². The van der Waals surface area contributed by atoms with Crippen LogP contribution in [0.1, 0.15) is 92.9 Å².